The van der Waals surface area contributed by atoms with E-state index in [4.69, 9.17) is 11.6 Å². The minimum atomic E-state index is -3.62. The van der Waals surface area contributed by atoms with Crippen molar-refractivity contribution in [3.05, 3.63) is 52.8 Å². The van der Waals surface area contributed by atoms with Crippen LogP contribution in [0.3, 0.4) is 0 Å². The molecule has 0 unspecified atom stereocenters. The Morgan fingerprint density at radius 3 is 2.36 bits per heavy atom. The molecule has 0 aromatic heterocycles. The van der Waals surface area contributed by atoms with Gasteiger partial charge in [0.15, 0.2) is 9.84 Å². The summed E-state index contributed by atoms with van der Waals surface area (Å²) < 4.78 is 37.2. The Kier molecular flexibility index (Phi) is 5.44. The number of benzene rings is 2. The molecule has 0 saturated carbocycles. The maximum Gasteiger partial charge on any atom is 0.255 e. The summed E-state index contributed by atoms with van der Waals surface area (Å²) in [5.41, 5.74) is 0.137. The molecular weight excluding hydrogens is 371 g/mol. The number of carbonyl (C=O) groups is 2. The van der Waals surface area contributed by atoms with Crippen molar-refractivity contribution in [2.75, 3.05) is 16.9 Å². The van der Waals surface area contributed by atoms with Crippen LogP contribution in [0, 0.1) is 5.82 Å². The van der Waals surface area contributed by atoms with E-state index in [0.29, 0.717) is 5.69 Å². The monoisotopic (exact) mass is 384 g/mol. The molecule has 0 aliphatic carbocycles. The lowest BCUT2D eigenvalue weighted by molar-refractivity contribution is -0.114. The van der Waals surface area contributed by atoms with Crippen LogP contribution in [0.2, 0.25) is 5.02 Å². The van der Waals surface area contributed by atoms with Crippen molar-refractivity contribution in [2.45, 2.75) is 11.8 Å². The number of hydrogen-bond donors (Lipinski definition) is 2. The van der Waals surface area contributed by atoms with Crippen molar-refractivity contribution in [1.82, 2.24) is 0 Å². The summed E-state index contributed by atoms with van der Waals surface area (Å²) in [6.45, 7) is 1.29. The van der Waals surface area contributed by atoms with Crippen LogP contribution < -0.4 is 10.6 Å². The Labute approximate surface area is 148 Å². The van der Waals surface area contributed by atoms with Gasteiger partial charge in [-0.2, -0.15) is 0 Å². The molecule has 2 aromatic rings. The van der Waals surface area contributed by atoms with E-state index in [1.807, 2.05) is 0 Å². The highest BCUT2D eigenvalue weighted by atomic mass is 35.5. The van der Waals surface area contributed by atoms with E-state index < -0.39 is 21.6 Å². The van der Waals surface area contributed by atoms with Crippen LogP contribution in [0.5, 0.6) is 0 Å². The first-order valence-electron chi connectivity index (χ1n) is 6.96. The fourth-order valence-corrected chi connectivity index (χ4v) is 3.33. The van der Waals surface area contributed by atoms with Crippen molar-refractivity contribution in [3.8, 4) is 0 Å². The number of anilines is 2. The lowest BCUT2D eigenvalue weighted by atomic mass is 10.2. The maximum atomic E-state index is 13.9. The number of rotatable bonds is 4. The fraction of sp³-hybridized carbons (Fsp3) is 0.125. The maximum absolute atomic E-state index is 13.9. The molecular formula is C16H14ClFN2O4S. The molecule has 0 fully saturated rings. The van der Waals surface area contributed by atoms with E-state index in [0.717, 1.165) is 18.4 Å². The normalized spacial score (nSPS) is 11.0. The lowest BCUT2D eigenvalue weighted by Gasteiger charge is -2.10. The average Bonchev–Trinajstić information content (AvgIpc) is 2.49. The highest BCUT2D eigenvalue weighted by Gasteiger charge is 2.17. The first-order chi connectivity index (χ1) is 11.6. The molecule has 0 saturated heterocycles. The molecule has 0 radical (unpaired) electrons. The highest BCUT2D eigenvalue weighted by molar-refractivity contribution is 7.90. The van der Waals surface area contributed by atoms with Crippen molar-refractivity contribution >= 4 is 44.6 Å². The smallest absolute Gasteiger partial charge is 0.255 e. The van der Waals surface area contributed by atoms with Gasteiger partial charge in [-0.25, -0.2) is 12.8 Å². The second kappa shape index (κ2) is 7.20. The molecule has 9 heteroatoms. The molecule has 0 bridgehead atoms. The Hall–Kier alpha value is -2.45. The van der Waals surface area contributed by atoms with Crippen LogP contribution >= 0.6 is 11.6 Å². The van der Waals surface area contributed by atoms with Crippen molar-refractivity contribution < 1.29 is 22.4 Å². The molecule has 6 nitrogen and oxygen atoms in total. The van der Waals surface area contributed by atoms with E-state index in [9.17, 15) is 22.4 Å². The molecule has 0 aliphatic heterocycles. The molecule has 0 aliphatic rings. The van der Waals surface area contributed by atoms with Gasteiger partial charge in [0, 0.05) is 24.4 Å². The Bertz CT molecular complexity index is 961. The molecule has 0 atom stereocenters. The minimum absolute atomic E-state index is 0.00541. The largest absolute Gasteiger partial charge is 0.326 e. The number of hydrogen-bond acceptors (Lipinski definition) is 4. The molecule has 2 rings (SSSR count). The van der Waals surface area contributed by atoms with Gasteiger partial charge in [-0.1, -0.05) is 11.6 Å². The molecule has 2 N–H and O–H groups in total. The molecule has 132 valence electrons. The summed E-state index contributed by atoms with van der Waals surface area (Å²) >= 11 is 5.83. The van der Waals surface area contributed by atoms with Crippen molar-refractivity contribution in [3.63, 3.8) is 0 Å². The first kappa shape index (κ1) is 18.9. The standard InChI is InChI=1S/C16H14ClFN2O4S/c1-9(21)19-11-4-6-13(18)14(8-11)20-16(22)10-3-5-12(17)15(7-10)25(2,23)24/h3-8H,1-2H3,(H,19,21)(H,20,22). The number of amides is 2. The van der Waals surface area contributed by atoms with Crippen LogP contribution in [-0.4, -0.2) is 26.5 Å². The fourth-order valence-electron chi connectivity index (χ4n) is 2.03. The van der Waals surface area contributed by atoms with E-state index in [2.05, 4.69) is 10.6 Å². The van der Waals surface area contributed by atoms with Gasteiger partial charge in [-0.05, 0) is 36.4 Å². The molecule has 2 aromatic carbocycles. The Morgan fingerprint density at radius 2 is 1.76 bits per heavy atom. The van der Waals surface area contributed by atoms with E-state index in [1.165, 1.54) is 31.2 Å². The summed E-state index contributed by atoms with van der Waals surface area (Å²) in [4.78, 5) is 23.1. The van der Waals surface area contributed by atoms with Gasteiger partial charge in [-0.15, -0.1) is 0 Å². The van der Waals surface area contributed by atoms with Gasteiger partial charge in [0.05, 0.1) is 15.6 Å². The summed E-state index contributed by atoms with van der Waals surface area (Å²) in [5.74, 6) is -1.78. The van der Waals surface area contributed by atoms with E-state index in [-0.39, 0.29) is 27.1 Å². The second-order valence-corrected chi connectivity index (χ2v) is 7.64. The lowest BCUT2D eigenvalue weighted by Crippen LogP contribution is -2.14. The zero-order valence-electron chi connectivity index (χ0n) is 13.3. The predicted molar refractivity (Wildman–Crippen MR) is 93.2 cm³/mol. The first-order valence-corrected chi connectivity index (χ1v) is 9.23. The third-order valence-electron chi connectivity index (χ3n) is 3.13. The molecule has 2 amide bonds. The summed E-state index contributed by atoms with van der Waals surface area (Å²) in [7, 11) is -3.62. The SMILES string of the molecule is CC(=O)Nc1ccc(F)c(NC(=O)c2ccc(Cl)c(S(C)(=O)=O)c2)c1. The second-order valence-electron chi connectivity index (χ2n) is 5.25. The molecule has 0 heterocycles. The zero-order valence-corrected chi connectivity index (χ0v) is 14.8. The van der Waals surface area contributed by atoms with Crippen molar-refractivity contribution in [1.29, 1.82) is 0 Å². The number of nitrogens with one attached hydrogen (secondary N) is 2. The van der Waals surface area contributed by atoms with Gasteiger partial charge >= 0.3 is 0 Å². The van der Waals surface area contributed by atoms with Crippen LogP contribution in [0.4, 0.5) is 15.8 Å². The van der Waals surface area contributed by atoms with Crippen LogP contribution in [0.1, 0.15) is 17.3 Å². The highest BCUT2D eigenvalue weighted by Crippen LogP contribution is 2.24. The van der Waals surface area contributed by atoms with Gasteiger partial charge in [-0.3, -0.25) is 9.59 Å². The topological polar surface area (TPSA) is 92.3 Å². The van der Waals surface area contributed by atoms with Gasteiger partial charge in [0.2, 0.25) is 5.91 Å². The number of halogens is 2. The number of sulfone groups is 1. The van der Waals surface area contributed by atoms with Gasteiger partial charge in [0.1, 0.15) is 5.82 Å². The van der Waals surface area contributed by atoms with Crippen LogP contribution in [0.25, 0.3) is 0 Å². The Morgan fingerprint density at radius 1 is 1.08 bits per heavy atom. The van der Waals surface area contributed by atoms with Gasteiger partial charge < -0.3 is 10.6 Å². The predicted octanol–water partition coefficient (Wildman–Crippen LogP) is 3.09. The van der Waals surface area contributed by atoms with Gasteiger partial charge in [0.25, 0.3) is 5.91 Å². The minimum Gasteiger partial charge on any atom is -0.326 e. The molecule has 25 heavy (non-hydrogen) atoms. The quantitative estimate of drug-likeness (QED) is 0.847. The summed E-state index contributed by atoms with van der Waals surface area (Å²) in [6, 6.07) is 7.39. The summed E-state index contributed by atoms with van der Waals surface area (Å²) in [6.07, 6.45) is 0.965. The third kappa shape index (κ3) is 4.77. The van der Waals surface area contributed by atoms with E-state index >= 15 is 0 Å². The molecule has 0 spiro atoms. The van der Waals surface area contributed by atoms with Crippen LogP contribution in [0.15, 0.2) is 41.3 Å². The third-order valence-corrected chi connectivity index (χ3v) is 4.71. The van der Waals surface area contributed by atoms with Crippen LogP contribution in [-0.2, 0) is 14.6 Å². The summed E-state index contributed by atoms with van der Waals surface area (Å²) in [5, 5.41) is 4.79. The zero-order chi connectivity index (χ0) is 18.8. The van der Waals surface area contributed by atoms with E-state index in [1.54, 1.807) is 0 Å². The number of carbonyl (C=O) groups excluding carboxylic acids is 2. The average molecular weight is 385 g/mol. The van der Waals surface area contributed by atoms with Crippen molar-refractivity contribution in [2.24, 2.45) is 0 Å². The Balaban J connectivity index is 2.33.